The first kappa shape index (κ1) is 18.8. The zero-order valence-electron chi connectivity index (χ0n) is 14.4. The van der Waals surface area contributed by atoms with Crippen molar-refractivity contribution in [2.75, 3.05) is 18.5 Å². The summed E-state index contributed by atoms with van der Waals surface area (Å²) in [6.07, 6.45) is 3.85. The molecule has 0 unspecified atom stereocenters. The number of hydrogen-bond donors (Lipinski definition) is 2. The summed E-state index contributed by atoms with van der Waals surface area (Å²) in [6, 6.07) is 6.33. The van der Waals surface area contributed by atoms with E-state index in [1.165, 1.54) is 18.5 Å². The van der Waals surface area contributed by atoms with Crippen LogP contribution in [-0.4, -0.2) is 33.8 Å². The smallest absolute Gasteiger partial charge is 0.258 e. The van der Waals surface area contributed by atoms with Crippen molar-refractivity contribution in [3.05, 3.63) is 59.3 Å². The average Bonchev–Trinajstić information content (AvgIpc) is 2.99. The molecule has 0 saturated heterocycles. The van der Waals surface area contributed by atoms with Gasteiger partial charge in [0, 0.05) is 31.0 Å². The van der Waals surface area contributed by atoms with Gasteiger partial charge in [-0.15, -0.1) is 0 Å². The zero-order valence-corrected chi connectivity index (χ0v) is 15.2. The lowest BCUT2D eigenvalue weighted by Gasteiger charge is -2.14. The van der Waals surface area contributed by atoms with Crippen LogP contribution in [0.2, 0.25) is 5.02 Å². The SMILES string of the molecule is Cn1ncc(Cl)c1-c1cc(NC(=O)c2ccncc2F)ccc1OCCN. The molecule has 0 fully saturated rings. The molecule has 2 aromatic heterocycles. The number of pyridine rings is 1. The summed E-state index contributed by atoms with van der Waals surface area (Å²) in [7, 11) is 1.74. The van der Waals surface area contributed by atoms with Gasteiger partial charge in [-0.2, -0.15) is 5.10 Å². The molecule has 0 atom stereocenters. The number of nitrogens with one attached hydrogen (secondary N) is 1. The Morgan fingerprint density at radius 3 is 2.85 bits per heavy atom. The van der Waals surface area contributed by atoms with Crippen molar-refractivity contribution in [2.24, 2.45) is 12.8 Å². The Morgan fingerprint density at radius 1 is 1.37 bits per heavy atom. The molecule has 7 nitrogen and oxygen atoms in total. The molecule has 3 N–H and O–H groups in total. The van der Waals surface area contributed by atoms with Gasteiger partial charge >= 0.3 is 0 Å². The van der Waals surface area contributed by atoms with Gasteiger partial charge < -0.3 is 15.8 Å². The summed E-state index contributed by atoms with van der Waals surface area (Å²) in [5.74, 6) is -0.751. The summed E-state index contributed by atoms with van der Waals surface area (Å²) < 4.78 is 21.0. The normalized spacial score (nSPS) is 10.7. The fourth-order valence-corrected chi connectivity index (χ4v) is 2.83. The summed E-state index contributed by atoms with van der Waals surface area (Å²) in [4.78, 5) is 16.0. The number of hydrogen-bond acceptors (Lipinski definition) is 5. The highest BCUT2D eigenvalue weighted by atomic mass is 35.5. The number of benzene rings is 1. The molecular formula is C18H17ClFN5O2. The summed E-state index contributed by atoms with van der Waals surface area (Å²) in [6.45, 7) is 0.661. The number of carbonyl (C=O) groups excluding carboxylic acids is 1. The Kier molecular flexibility index (Phi) is 5.68. The molecule has 0 radical (unpaired) electrons. The standard InChI is InChI=1S/C18H17ClFN5O2/c1-25-17(14(19)9-23-25)13-8-11(2-3-16(13)27-7-5-21)24-18(26)12-4-6-22-10-15(12)20/h2-4,6,8-10H,5,7,21H2,1H3,(H,24,26). The highest BCUT2D eigenvalue weighted by Gasteiger charge is 2.17. The average molecular weight is 390 g/mol. The Bertz CT molecular complexity index is 957. The van der Waals surface area contributed by atoms with E-state index in [0.29, 0.717) is 40.9 Å². The van der Waals surface area contributed by atoms with Crippen molar-refractivity contribution < 1.29 is 13.9 Å². The molecule has 0 aliphatic heterocycles. The molecule has 9 heteroatoms. The first-order valence-corrected chi connectivity index (χ1v) is 8.44. The molecular weight excluding hydrogens is 373 g/mol. The van der Waals surface area contributed by atoms with Gasteiger partial charge in [0.1, 0.15) is 12.4 Å². The second-order valence-corrected chi connectivity index (χ2v) is 6.03. The molecule has 27 heavy (non-hydrogen) atoms. The van der Waals surface area contributed by atoms with Crippen molar-refractivity contribution in [1.82, 2.24) is 14.8 Å². The van der Waals surface area contributed by atoms with E-state index >= 15 is 0 Å². The molecule has 0 aliphatic carbocycles. The second-order valence-electron chi connectivity index (χ2n) is 5.62. The van der Waals surface area contributed by atoms with E-state index in [2.05, 4.69) is 15.4 Å². The van der Waals surface area contributed by atoms with Crippen LogP contribution in [0.25, 0.3) is 11.3 Å². The van der Waals surface area contributed by atoms with E-state index in [1.54, 1.807) is 29.9 Å². The van der Waals surface area contributed by atoms with Gasteiger partial charge in [-0.3, -0.25) is 14.5 Å². The van der Waals surface area contributed by atoms with Crippen LogP contribution in [0.15, 0.2) is 42.9 Å². The van der Waals surface area contributed by atoms with Crippen LogP contribution in [0, 0.1) is 5.82 Å². The molecule has 140 valence electrons. The van der Waals surface area contributed by atoms with Gasteiger partial charge in [0.15, 0.2) is 5.82 Å². The van der Waals surface area contributed by atoms with Gasteiger partial charge in [0.25, 0.3) is 5.91 Å². The lowest BCUT2D eigenvalue weighted by molar-refractivity contribution is 0.102. The first-order valence-electron chi connectivity index (χ1n) is 8.07. The molecule has 3 aromatic rings. The number of carbonyl (C=O) groups is 1. The van der Waals surface area contributed by atoms with Gasteiger partial charge in [-0.1, -0.05) is 11.6 Å². The predicted octanol–water partition coefficient (Wildman–Crippen LogP) is 2.86. The van der Waals surface area contributed by atoms with Crippen LogP contribution in [0.3, 0.4) is 0 Å². The minimum Gasteiger partial charge on any atom is -0.492 e. The van der Waals surface area contributed by atoms with Crippen LogP contribution in [0.1, 0.15) is 10.4 Å². The second kappa shape index (κ2) is 8.15. The van der Waals surface area contributed by atoms with Crippen molar-refractivity contribution in [2.45, 2.75) is 0 Å². The maximum atomic E-state index is 13.8. The first-order chi connectivity index (χ1) is 13.0. The molecule has 0 aliphatic rings. The number of anilines is 1. The molecule has 0 bridgehead atoms. The van der Waals surface area contributed by atoms with Gasteiger partial charge in [-0.05, 0) is 24.3 Å². The minimum atomic E-state index is -0.701. The van der Waals surface area contributed by atoms with Crippen molar-refractivity contribution in [3.8, 4) is 17.0 Å². The van der Waals surface area contributed by atoms with E-state index < -0.39 is 11.7 Å². The van der Waals surface area contributed by atoms with Gasteiger partial charge in [0.05, 0.1) is 28.7 Å². The molecule has 1 aromatic carbocycles. The largest absolute Gasteiger partial charge is 0.492 e. The van der Waals surface area contributed by atoms with Crippen LogP contribution in [0.5, 0.6) is 5.75 Å². The number of halogens is 2. The third kappa shape index (κ3) is 4.07. The fraction of sp³-hybridized carbons (Fsp3) is 0.167. The quantitative estimate of drug-likeness (QED) is 0.676. The van der Waals surface area contributed by atoms with Crippen LogP contribution in [-0.2, 0) is 7.05 Å². The number of ether oxygens (including phenoxy) is 1. The van der Waals surface area contributed by atoms with Gasteiger partial charge in [-0.25, -0.2) is 4.39 Å². The molecule has 0 spiro atoms. The Hall–Kier alpha value is -2.97. The number of nitrogens with two attached hydrogens (primary N) is 1. The Balaban J connectivity index is 1.97. The number of rotatable bonds is 6. The van der Waals surface area contributed by atoms with Crippen LogP contribution < -0.4 is 15.8 Å². The highest BCUT2D eigenvalue weighted by Crippen LogP contribution is 2.36. The molecule has 1 amide bonds. The van der Waals surface area contributed by atoms with Crippen molar-refractivity contribution in [1.29, 1.82) is 0 Å². The fourth-order valence-electron chi connectivity index (χ4n) is 2.56. The summed E-state index contributed by atoms with van der Waals surface area (Å²) in [5, 5.41) is 7.22. The van der Waals surface area contributed by atoms with Crippen LogP contribution in [0.4, 0.5) is 10.1 Å². The maximum Gasteiger partial charge on any atom is 0.258 e. The monoisotopic (exact) mass is 389 g/mol. The van der Waals surface area contributed by atoms with E-state index in [1.807, 2.05) is 0 Å². The summed E-state index contributed by atoms with van der Waals surface area (Å²) in [5.41, 5.74) is 7.10. The molecule has 2 heterocycles. The number of nitrogens with zero attached hydrogens (tertiary/aromatic N) is 3. The lowest BCUT2D eigenvalue weighted by atomic mass is 10.1. The van der Waals surface area contributed by atoms with Crippen molar-refractivity contribution in [3.63, 3.8) is 0 Å². The minimum absolute atomic E-state index is 0.103. The molecule has 0 saturated carbocycles. The van der Waals surface area contributed by atoms with E-state index in [-0.39, 0.29) is 5.56 Å². The Labute approximate surface area is 159 Å². The number of amides is 1. The zero-order chi connectivity index (χ0) is 19.4. The number of aromatic nitrogens is 3. The third-order valence-electron chi connectivity index (χ3n) is 3.78. The van der Waals surface area contributed by atoms with E-state index in [4.69, 9.17) is 22.1 Å². The highest BCUT2D eigenvalue weighted by molar-refractivity contribution is 6.33. The number of aryl methyl sites for hydroxylation is 1. The lowest BCUT2D eigenvalue weighted by Crippen LogP contribution is -2.14. The van der Waals surface area contributed by atoms with Gasteiger partial charge in [0.2, 0.25) is 0 Å². The van der Waals surface area contributed by atoms with Crippen molar-refractivity contribution >= 4 is 23.2 Å². The van der Waals surface area contributed by atoms with E-state index in [9.17, 15) is 9.18 Å². The topological polar surface area (TPSA) is 95.1 Å². The maximum absolute atomic E-state index is 13.8. The summed E-state index contributed by atoms with van der Waals surface area (Å²) >= 11 is 6.25. The molecule has 3 rings (SSSR count). The predicted molar refractivity (Wildman–Crippen MR) is 100 cm³/mol. The van der Waals surface area contributed by atoms with Crippen LogP contribution >= 0.6 is 11.6 Å². The van der Waals surface area contributed by atoms with E-state index in [0.717, 1.165) is 6.20 Å². The Morgan fingerprint density at radius 2 is 2.19 bits per heavy atom. The third-order valence-corrected chi connectivity index (χ3v) is 4.06.